The molecule has 106 valence electrons. The van der Waals surface area contributed by atoms with Gasteiger partial charge in [0.15, 0.2) is 0 Å². The van der Waals surface area contributed by atoms with Crippen LogP contribution in [0.2, 0.25) is 0 Å². The molecule has 1 aromatic heterocycles. The van der Waals surface area contributed by atoms with Gasteiger partial charge in [0.2, 0.25) is 0 Å². The number of aryl methyl sites for hydroxylation is 2. The first-order valence-corrected chi connectivity index (χ1v) is 7.74. The second-order valence-corrected chi connectivity index (χ2v) is 7.48. The highest BCUT2D eigenvalue weighted by atomic mass is 32.1. The number of ether oxygens (including phenoxy) is 1. The Morgan fingerprint density at radius 3 is 2.65 bits per heavy atom. The Bertz CT molecular complexity index is 636. The first-order chi connectivity index (χ1) is 9.35. The molecule has 2 aromatic rings. The molecule has 1 atom stereocenters. The maximum absolute atomic E-state index is 10.6. The summed E-state index contributed by atoms with van der Waals surface area (Å²) in [5.74, 6) is 0.949. The largest absolute Gasteiger partial charge is 0.487 e. The topological polar surface area (TPSA) is 29.5 Å². The third-order valence-electron chi connectivity index (χ3n) is 3.86. The highest BCUT2D eigenvalue weighted by Gasteiger charge is 2.30. The van der Waals surface area contributed by atoms with Crippen molar-refractivity contribution in [2.24, 2.45) is 0 Å². The van der Waals surface area contributed by atoms with Crippen LogP contribution in [0.3, 0.4) is 0 Å². The number of hydrogen-bond donors (Lipinski definition) is 1. The molecule has 1 unspecified atom stereocenters. The molecule has 3 rings (SSSR count). The zero-order chi connectivity index (χ0) is 14.5. The van der Waals surface area contributed by atoms with Crippen molar-refractivity contribution in [1.29, 1.82) is 0 Å². The molecule has 0 saturated carbocycles. The second kappa shape index (κ2) is 4.61. The second-order valence-electron chi connectivity index (χ2n) is 6.20. The summed E-state index contributed by atoms with van der Waals surface area (Å²) in [6.45, 7) is 8.36. The van der Waals surface area contributed by atoms with Crippen molar-refractivity contribution in [2.45, 2.75) is 45.8 Å². The van der Waals surface area contributed by atoms with E-state index < -0.39 is 6.10 Å². The minimum Gasteiger partial charge on any atom is -0.487 e. The Morgan fingerprint density at radius 1 is 1.25 bits per heavy atom. The Morgan fingerprint density at radius 2 is 2.00 bits per heavy atom. The van der Waals surface area contributed by atoms with Crippen LogP contribution in [0.25, 0.3) is 0 Å². The average Bonchev–Trinajstić information content (AvgIpc) is 2.86. The molecule has 0 fully saturated rings. The fraction of sp³-hybridized carbons (Fsp3) is 0.412. The van der Waals surface area contributed by atoms with Gasteiger partial charge < -0.3 is 9.84 Å². The van der Waals surface area contributed by atoms with Crippen molar-refractivity contribution in [3.8, 4) is 5.75 Å². The maximum Gasteiger partial charge on any atom is 0.123 e. The molecule has 0 spiro atoms. The minimum absolute atomic E-state index is 0.137. The van der Waals surface area contributed by atoms with E-state index in [1.165, 1.54) is 16.0 Å². The van der Waals surface area contributed by atoms with Crippen LogP contribution in [0.4, 0.5) is 0 Å². The summed E-state index contributed by atoms with van der Waals surface area (Å²) in [5.41, 5.74) is 3.25. The van der Waals surface area contributed by atoms with Gasteiger partial charge >= 0.3 is 0 Å². The van der Waals surface area contributed by atoms with Crippen LogP contribution in [0, 0.1) is 13.8 Å². The molecule has 2 nitrogen and oxygen atoms in total. The van der Waals surface area contributed by atoms with Crippen molar-refractivity contribution in [1.82, 2.24) is 0 Å². The zero-order valence-electron chi connectivity index (χ0n) is 12.4. The number of hydrogen-bond acceptors (Lipinski definition) is 3. The lowest BCUT2D eigenvalue weighted by Gasteiger charge is -2.16. The molecule has 3 heteroatoms. The van der Waals surface area contributed by atoms with Gasteiger partial charge in [-0.2, -0.15) is 0 Å². The standard InChI is InChI=1S/C17H20O2S/c1-10-7-15(20-11(10)2)16(18)12-5-6-14-13(8-12)9-17(3,4)19-14/h5-8,16,18H,9H2,1-4H3. The van der Waals surface area contributed by atoms with E-state index in [4.69, 9.17) is 4.74 Å². The molecule has 1 aromatic carbocycles. The van der Waals surface area contributed by atoms with Gasteiger partial charge in [0.25, 0.3) is 0 Å². The monoisotopic (exact) mass is 288 g/mol. The summed E-state index contributed by atoms with van der Waals surface area (Å²) in [7, 11) is 0. The van der Waals surface area contributed by atoms with Crippen LogP contribution in [0.1, 0.15) is 46.4 Å². The van der Waals surface area contributed by atoms with Gasteiger partial charge in [-0.25, -0.2) is 0 Å². The van der Waals surface area contributed by atoms with Crippen molar-refractivity contribution >= 4 is 11.3 Å². The average molecular weight is 288 g/mol. The summed E-state index contributed by atoms with van der Waals surface area (Å²) < 4.78 is 5.88. The van der Waals surface area contributed by atoms with Gasteiger partial charge in [-0.05, 0) is 62.6 Å². The number of benzene rings is 1. The Kier molecular flexibility index (Phi) is 3.14. The quantitative estimate of drug-likeness (QED) is 0.899. The fourth-order valence-electron chi connectivity index (χ4n) is 2.70. The molecular formula is C17H20O2S. The van der Waals surface area contributed by atoms with Gasteiger partial charge in [-0.15, -0.1) is 11.3 Å². The molecule has 20 heavy (non-hydrogen) atoms. The van der Waals surface area contributed by atoms with Crippen LogP contribution >= 0.6 is 11.3 Å². The summed E-state index contributed by atoms with van der Waals surface area (Å²) in [4.78, 5) is 2.28. The number of aliphatic hydroxyl groups is 1. The predicted molar refractivity (Wildman–Crippen MR) is 82.7 cm³/mol. The van der Waals surface area contributed by atoms with E-state index in [0.717, 1.165) is 22.6 Å². The predicted octanol–water partition coefficient (Wildman–Crippen LogP) is 4.16. The third-order valence-corrected chi connectivity index (χ3v) is 5.06. The minimum atomic E-state index is -0.540. The lowest BCUT2D eigenvalue weighted by molar-refractivity contribution is 0.138. The Hall–Kier alpha value is -1.32. The molecule has 1 aliphatic heterocycles. The van der Waals surface area contributed by atoms with E-state index in [1.807, 2.05) is 12.1 Å². The molecule has 2 heterocycles. The van der Waals surface area contributed by atoms with E-state index in [0.29, 0.717) is 0 Å². The van der Waals surface area contributed by atoms with Crippen molar-refractivity contribution in [3.63, 3.8) is 0 Å². The molecule has 0 saturated heterocycles. The number of aliphatic hydroxyl groups excluding tert-OH is 1. The van der Waals surface area contributed by atoms with E-state index in [1.54, 1.807) is 11.3 Å². The lowest BCUT2D eigenvalue weighted by atomic mass is 9.98. The van der Waals surface area contributed by atoms with Crippen molar-refractivity contribution in [2.75, 3.05) is 0 Å². The number of fused-ring (bicyclic) bond motifs is 1. The molecular weight excluding hydrogens is 268 g/mol. The van der Waals surface area contributed by atoms with Crippen LogP contribution in [-0.2, 0) is 6.42 Å². The van der Waals surface area contributed by atoms with Crippen LogP contribution in [-0.4, -0.2) is 10.7 Å². The van der Waals surface area contributed by atoms with Gasteiger partial charge in [-0.3, -0.25) is 0 Å². The maximum atomic E-state index is 10.6. The van der Waals surface area contributed by atoms with Gasteiger partial charge in [0.1, 0.15) is 17.5 Å². The highest BCUT2D eigenvalue weighted by Crippen LogP contribution is 2.38. The molecule has 0 radical (unpaired) electrons. The lowest BCUT2D eigenvalue weighted by Crippen LogP contribution is -2.24. The first kappa shape index (κ1) is 13.7. The number of thiophene rings is 1. The molecule has 0 amide bonds. The van der Waals surface area contributed by atoms with Gasteiger partial charge in [-0.1, -0.05) is 6.07 Å². The fourth-order valence-corrected chi connectivity index (χ4v) is 3.76. The highest BCUT2D eigenvalue weighted by molar-refractivity contribution is 7.12. The number of rotatable bonds is 2. The van der Waals surface area contributed by atoms with Crippen LogP contribution in [0.15, 0.2) is 24.3 Å². The van der Waals surface area contributed by atoms with E-state index in [-0.39, 0.29) is 5.60 Å². The Labute approximate surface area is 124 Å². The first-order valence-electron chi connectivity index (χ1n) is 6.92. The van der Waals surface area contributed by atoms with E-state index >= 15 is 0 Å². The van der Waals surface area contributed by atoms with Crippen LogP contribution < -0.4 is 4.74 Å². The smallest absolute Gasteiger partial charge is 0.123 e. The Balaban J connectivity index is 1.92. The SMILES string of the molecule is Cc1cc(C(O)c2ccc3c(c2)CC(C)(C)O3)sc1C. The van der Waals surface area contributed by atoms with Crippen molar-refractivity contribution in [3.05, 3.63) is 50.7 Å². The van der Waals surface area contributed by atoms with E-state index in [9.17, 15) is 5.11 Å². The third kappa shape index (κ3) is 2.36. The summed E-state index contributed by atoms with van der Waals surface area (Å²) >= 11 is 1.67. The molecule has 1 aliphatic rings. The normalized spacial score (nSPS) is 17.6. The molecule has 0 aliphatic carbocycles. The van der Waals surface area contributed by atoms with Gasteiger partial charge in [0.05, 0.1) is 0 Å². The summed E-state index contributed by atoms with van der Waals surface area (Å²) in [5, 5.41) is 10.6. The summed E-state index contributed by atoms with van der Waals surface area (Å²) in [6, 6.07) is 8.11. The van der Waals surface area contributed by atoms with Crippen molar-refractivity contribution < 1.29 is 9.84 Å². The van der Waals surface area contributed by atoms with Gasteiger partial charge in [0, 0.05) is 16.2 Å². The zero-order valence-corrected chi connectivity index (χ0v) is 13.2. The summed E-state index contributed by atoms with van der Waals surface area (Å²) in [6.07, 6.45) is 0.354. The molecule has 1 N–H and O–H groups in total. The van der Waals surface area contributed by atoms with Crippen LogP contribution in [0.5, 0.6) is 5.75 Å². The van der Waals surface area contributed by atoms with E-state index in [2.05, 4.69) is 39.8 Å². The molecule has 0 bridgehead atoms.